The van der Waals surface area contributed by atoms with Gasteiger partial charge in [-0.1, -0.05) is 36.4 Å². The fraction of sp³-hybridized carbons (Fsp3) is 0.133. The van der Waals surface area contributed by atoms with Crippen LogP contribution in [0.3, 0.4) is 0 Å². The van der Waals surface area contributed by atoms with Crippen LogP contribution in [0, 0.1) is 5.82 Å². The second-order valence-electron chi connectivity index (χ2n) is 4.22. The van der Waals surface area contributed by atoms with Gasteiger partial charge in [-0.3, -0.25) is 4.79 Å². The SMILES string of the molecule is C[C@@H](N)c1ccccc1C(=O)c1cccc(F)c1. The van der Waals surface area contributed by atoms with E-state index in [1.807, 2.05) is 19.1 Å². The number of ketones is 1. The average Bonchev–Trinajstić information content (AvgIpc) is 2.38. The zero-order valence-corrected chi connectivity index (χ0v) is 10.1. The van der Waals surface area contributed by atoms with E-state index in [-0.39, 0.29) is 11.8 Å². The minimum absolute atomic E-state index is 0.206. The molecule has 0 saturated carbocycles. The van der Waals surface area contributed by atoms with Gasteiger partial charge in [-0.05, 0) is 24.6 Å². The van der Waals surface area contributed by atoms with E-state index in [9.17, 15) is 9.18 Å². The summed E-state index contributed by atoms with van der Waals surface area (Å²) in [7, 11) is 0. The van der Waals surface area contributed by atoms with Gasteiger partial charge in [0.15, 0.2) is 5.78 Å². The number of nitrogens with two attached hydrogens (primary N) is 1. The van der Waals surface area contributed by atoms with Crippen LogP contribution in [0.1, 0.15) is 34.5 Å². The van der Waals surface area contributed by atoms with Crippen LogP contribution >= 0.6 is 0 Å². The van der Waals surface area contributed by atoms with E-state index < -0.39 is 5.82 Å². The molecule has 0 radical (unpaired) electrons. The number of hydrogen-bond donors (Lipinski definition) is 1. The Hall–Kier alpha value is -2.00. The van der Waals surface area contributed by atoms with Gasteiger partial charge in [-0.2, -0.15) is 0 Å². The second-order valence-corrected chi connectivity index (χ2v) is 4.22. The van der Waals surface area contributed by atoms with Crippen molar-refractivity contribution in [3.05, 3.63) is 71.0 Å². The van der Waals surface area contributed by atoms with Crippen molar-refractivity contribution in [2.45, 2.75) is 13.0 Å². The summed E-state index contributed by atoms with van der Waals surface area (Å²) in [5.41, 5.74) is 7.47. The molecule has 2 nitrogen and oxygen atoms in total. The number of carbonyl (C=O) groups excluding carboxylic acids is 1. The first-order valence-electron chi connectivity index (χ1n) is 5.74. The van der Waals surface area contributed by atoms with Crippen molar-refractivity contribution in [3.8, 4) is 0 Å². The first-order chi connectivity index (χ1) is 8.59. The first kappa shape index (κ1) is 12.5. The Kier molecular flexibility index (Phi) is 3.53. The van der Waals surface area contributed by atoms with Crippen LogP contribution in [0.5, 0.6) is 0 Å². The molecular formula is C15H14FNO. The lowest BCUT2D eigenvalue weighted by atomic mass is 9.95. The Bertz CT molecular complexity index is 578. The molecular weight excluding hydrogens is 229 g/mol. The fourth-order valence-corrected chi connectivity index (χ4v) is 1.89. The Morgan fingerprint density at radius 1 is 1.17 bits per heavy atom. The molecule has 0 aliphatic carbocycles. The lowest BCUT2D eigenvalue weighted by Crippen LogP contribution is -2.12. The van der Waals surface area contributed by atoms with Crippen LogP contribution in [-0.2, 0) is 0 Å². The highest BCUT2D eigenvalue weighted by Gasteiger charge is 2.15. The zero-order valence-electron chi connectivity index (χ0n) is 10.1. The standard InChI is InChI=1S/C15H14FNO/c1-10(17)13-7-2-3-8-14(13)15(18)11-5-4-6-12(16)9-11/h2-10H,17H2,1H3/t10-/m1/s1. The highest BCUT2D eigenvalue weighted by atomic mass is 19.1. The van der Waals surface area contributed by atoms with Crippen LogP contribution in [0.2, 0.25) is 0 Å². The van der Waals surface area contributed by atoms with E-state index in [0.29, 0.717) is 11.1 Å². The second kappa shape index (κ2) is 5.10. The highest BCUT2D eigenvalue weighted by molar-refractivity contribution is 6.10. The summed E-state index contributed by atoms with van der Waals surface area (Å²) in [6.45, 7) is 1.82. The van der Waals surface area contributed by atoms with Crippen LogP contribution in [-0.4, -0.2) is 5.78 Å². The maximum Gasteiger partial charge on any atom is 0.193 e. The van der Waals surface area contributed by atoms with E-state index in [1.54, 1.807) is 18.2 Å². The molecule has 92 valence electrons. The molecule has 0 heterocycles. The van der Waals surface area contributed by atoms with E-state index in [0.717, 1.165) is 5.56 Å². The summed E-state index contributed by atoms with van der Waals surface area (Å²) < 4.78 is 13.1. The third kappa shape index (κ3) is 2.46. The smallest absolute Gasteiger partial charge is 0.193 e. The van der Waals surface area contributed by atoms with Gasteiger partial charge in [0.25, 0.3) is 0 Å². The van der Waals surface area contributed by atoms with E-state index in [2.05, 4.69) is 0 Å². The Balaban J connectivity index is 2.46. The number of rotatable bonds is 3. The lowest BCUT2D eigenvalue weighted by Gasteiger charge is -2.11. The molecule has 0 unspecified atom stereocenters. The quantitative estimate of drug-likeness (QED) is 0.842. The molecule has 0 aliphatic rings. The molecule has 18 heavy (non-hydrogen) atoms. The molecule has 0 spiro atoms. The van der Waals surface area contributed by atoms with Gasteiger partial charge < -0.3 is 5.73 Å². The summed E-state index contributed by atoms with van der Waals surface area (Å²) in [4.78, 5) is 12.3. The summed E-state index contributed by atoms with van der Waals surface area (Å²) in [5, 5.41) is 0. The van der Waals surface area contributed by atoms with Crippen molar-refractivity contribution in [1.29, 1.82) is 0 Å². The minimum Gasteiger partial charge on any atom is -0.324 e. The normalized spacial score (nSPS) is 12.2. The number of halogens is 1. The van der Waals surface area contributed by atoms with Crippen LogP contribution in [0.15, 0.2) is 48.5 Å². The fourth-order valence-electron chi connectivity index (χ4n) is 1.89. The topological polar surface area (TPSA) is 43.1 Å². The molecule has 3 heteroatoms. The maximum atomic E-state index is 13.1. The highest BCUT2D eigenvalue weighted by Crippen LogP contribution is 2.19. The summed E-state index contributed by atoms with van der Waals surface area (Å²) in [6, 6.07) is 12.6. The largest absolute Gasteiger partial charge is 0.324 e. The van der Waals surface area contributed by atoms with Crippen LogP contribution in [0.4, 0.5) is 4.39 Å². The predicted octanol–water partition coefficient (Wildman–Crippen LogP) is 3.08. The Morgan fingerprint density at radius 2 is 1.89 bits per heavy atom. The van der Waals surface area contributed by atoms with Crippen LogP contribution < -0.4 is 5.73 Å². The molecule has 2 N–H and O–H groups in total. The molecule has 2 rings (SSSR count). The van der Waals surface area contributed by atoms with Gasteiger partial charge in [0.2, 0.25) is 0 Å². The van der Waals surface area contributed by atoms with Crippen molar-refractivity contribution in [2.24, 2.45) is 5.73 Å². The van der Waals surface area contributed by atoms with E-state index in [4.69, 9.17) is 5.73 Å². The van der Waals surface area contributed by atoms with Gasteiger partial charge in [0.1, 0.15) is 5.82 Å². The molecule has 0 aromatic heterocycles. The Labute approximate surface area is 105 Å². The summed E-state index contributed by atoms with van der Waals surface area (Å²) in [5.74, 6) is -0.624. The van der Waals surface area contributed by atoms with Gasteiger partial charge in [-0.25, -0.2) is 4.39 Å². The summed E-state index contributed by atoms with van der Waals surface area (Å²) >= 11 is 0. The van der Waals surface area contributed by atoms with Gasteiger partial charge in [-0.15, -0.1) is 0 Å². The van der Waals surface area contributed by atoms with E-state index >= 15 is 0 Å². The first-order valence-corrected chi connectivity index (χ1v) is 5.74. The lowest BCUT2D eigenvalue weighted by molar-refractivity contribution is 0.103. The zero-order chi connectivity index (χ0) is 13.1. The molecule has 2 aromatic rings. The third-order valence-electron chi connectivity index (χ3n) is 2.78. The molecule has 0 fully saturated rings. The minimum atomic E-state index is -0.417. The molecule has 2 aromatic carbocycles. The molecule has 0 saturated heterocycles. The summed E-state index contributed by atoms with van der Waals surface area (Å²) in [6.07, 6.45) is 0. The van der Waals surface area contributed by atoms with Crippen molar-refractivity contribution < 1.29 is 9.18 Å². The van der Waals surface area contributed by atoms with Crippen molar-refractivity contribution in [3.63, 3.8) is 0 Å². The van der Waals surface area contributed by atoms with Crippen molar-refractivity contribution in [1.82, 2.24) is 0 Å². The molecule has 0 amide bonds. The maximum absolute atomic E-state index is 13.1. The molecule has 0 bridgehead atoms. The van der Waals surface area contributed by atoms with E-state index in [1.165, 1.54) is 18.2 Å². The van der Waals surface area contributed by atoms with Gasteiger partial charge >= 0.3 is 0 Å². The van der Waals surface area contributed by atoms with Gasteiger partial charge in [0, 0.05) is 17.2 Å². The monoisotopic (exact) mass is 243 g/mol. The third-order valence-corrected chi connectivity index (χ3v) is 2.78. The number of carbonyl (C=O) groups is 1. The van der Waals surface area contributed by atoms with Gasteiger partial charge in [0.05, 0.1) is 0 Å². The molecule has 0 aliphatic heterocycles. The number of benzene rings is 2. The van der Waals surface area contributed by atoms with Crippen molar-refractivity contribution in [2.75, 3.05) is 0 Å². The average molecular weight is 243 g/mol. The van der Waals surface area contributed by atoms with Crippen LogP contribution in [0.25, 0.3) is 0 Å². The molecule has 1 atom stereocenters. The Morgan fingerprint density at radius 3 is 2.56 bits per heavy atom. The van der Waals surface area contributed by atoms with Crippen molar-refractivity contribution >= 4 is 5.78 Å². The predicted molar refractivity (Wildman–Crippen MR) is 68.9 cm³/mol. The number of hydrogen-bond acceptors (Lipinski definition) is 2.